The van der Waals surface area contributed by atoms with E-state index in [2.05, 4.69) is 17.3 Å². The SMILES string of the molecule is COc1cc2cc(C(=O)N3C[C@H]4C[C@@]45C3=CC(=O)c3scc(C)c35)[nH]c2c(OC)c1OC. The quantitative estimate of drug-likeness (QED) is 0.648. The lowest BCUT2D eigenvalue weighted by Crippen LogP contribution is -2.33. The molecule has 2 fully saturated rings. The van der Waals surface area contributed by atoms with E-state index in [1.54, 1.807) is 38.4 Å². The number of fused-ring (bicyclic) bond motifs is 2. The van der Waals surface area contributed by atoms with Gasteiger partial charge in [-0.15, -0.1) is 11.3 Å². The van der Waals surface area contributed by atoms with Crippen LogP contribution in [0.5, 0.6) is 17.2 Å². The first-order chi connectivity index (χ1) is 15.4. The van der Waals surface area contributed by atoms with E-state index in [0.29, 0.717) is 40.9 Å². The minimum absolute atomic E-state index is 0.00290. The van der Waals surface area contributed by atoms with Crippen molar-refractivity contribution in [1.29, 1.82) is 0 Å². The Morgan fingerprint density at radius 1 is 1.19 bits per heavy atom. The summed E-state index contributed by atoms with van der Waals surface area (Å²) in [6.45, 7) is 2.68. The van der Waals surface area contributed by atoms with Crippen molar-refractivity contribution in [3.8, 4) is 17.2 Å². The second-order valence-corrected chi connectivity index (χ2v) is 9.48. The molecule has 0 unspecified atom stereocenters. The fraction of sp³-hybridized carbons (Fsp3) is 0.333. The number of rotatable bonds is 4. The van der Waals surface area contributed by atoms with Crippen LogP contribution in [0.4, 0.5) is 0 Å². The average molecular weight is 451 g/mol. The Labute approximate surface area is 188 Å². The number of benzene rings is 1. The van der Waals surface area contributed by atoms with Crippen LogP contribution in [0.15, 0.2) is 29.3 Å². The Hall–Kier alpha value is -3.26. The number of carbonyl (C=O) groups is 2. The number of allylic oxidation sites excluding steroid dienone is 2. The Bertz CT molecular complexity index is 1370. The summed E-state index contributed by atoms with van der Waals surface area (Å²) in [4.78, 5) is 32.3. The zero-order valence-corrected chi connectivity index (χ0v) is 19.0. The first-order valence-corrected chi connectivity index (χ1v) is 11.3. The number of nitrogens with zero attached hydrogens (tertiary/aromatic N) is 1. The maximum absolute atomic E-state index is 13.6. The number of amides is 1. The van der Waals surface area contributed by atoms with Crippen molar-refractivity contribution < 1.29 is 23.8 Å². The van der Waals surface area contributed by atoms with Crippen LogP contribution in [0.25, 0.3) is 10.9 Å². The number of hydrogen-bond acceptors (Lipinski definition) is 6. The van der Waals surface area contributed by atoms with Gasteiger partial charge in [0, 0.05) is 29.1 Å². The van der Waals surface area contributed by atoms with E-state index in [-0.39, 0.29) is 17.1 Å². The molecule has 1 amide bonds. The van der Waals surface area contributed by atoms with Crippen LogP contribution in [-0.2, 0) is 5.41 Å². The lowest BCUT2D eigenvalue weighted by atomic mass is 9.84. The van der Waals surface area contributed by atoms with E-state index in [1.807, 2.05) is 6.07 Å². The highest BCUT2D eigenvalue weighted by atomic mass is 32.1. The van der Waals surface area contributed by atoms with Gasteiger partial charge in [0.15, 0.2) is 17.3 Å². The molecule has 3 heterocycles. The molecule has 1 N–H and O–H groups in total. The molecule has 2 atom stereocenters. The van der Waals surface area contributed by atoms with E-state index >= 15 is 0 Å². The summed E-state index contributed by atoms with van der Waals surface area (Å²) in [6, 6.07) is 3.61. The van der Waals surface area contributed by atoms with Crippen LogP contribution in [0.1, 0.15) is 37.7 Å². The smallest absolute Gasteiger partial charge is 0.274 e. The first-order valence-electron chi connectivity index (χ1n) is 10.4. The van der Waals surface area contributed by atoms with Gasteiger partial charge >= 0.3 is 0 Å². The summed E-state index contributed by atoms with van der Waals surface area (Å²) < 4.78 is 16.5. The number of likely N-dealkylation sites (tertiary alicyclic amines) is 1. The minimum atomic E-state index is -0.181. The summed E-state index contributed by atoms with van der Waals surface area (Å²) in [5, 5.41) is 2.84. The molecule has 164 valence electrons. The predicted octanol–water partition coefficient (Wildman–Crippen LogP) is 4.06. The first kappa shape index (κ1) is 19.4. The maximum Gasteiger partial charge on any atom is 0.274 e. The van der Waals surface area contributed by atoms with E-state index in [4.69, 9.17) is 14.2 Å². The molecule has 8 heteroatoms. The molecule has 1 spiro atoms. The summed E-state index contributed by atoms with van der Waals surface area (Å²) >= 11 is 1.51. The van der Waals surface area contributed by atoms with Crippen molar-refractivity contribution in [1.82, 2.24) is 9.88 Å². The van der Waals surface area contributed by atoms with Crippen molar-refractivity contribution >= 4 is 33.9 Å². The van der Waals surface area contributed by atoms with Crippen molar-refractivity contribution in [3.63, 3.8) is 0 Å². The van der Waals surface area contributed by atoms with Gasteiger partial charge in [-0.3, -0.25) is 9.59 Å². The second kappa shape index (κ2) is 6.38. The van der Waals surface area contributed by atoms with E-state index in [1.165, 1.54) is 11.3 Å². The molecule has 1 saturated carbocycles. The fourth-order valence-electron chi connectivity index (χ4n) is 5.63. The Kier molecular flexibility index (Phi) is 3.88. The van der Waals surface area contributed by atoms with Gasteiger partial charge < -0.3 is 24.1 Å². The molecule has 6 rings (SSSR count). The van der Waals surface area contributed by atoms with Crippen LogP contribution >= 0.6 is 11.3 Å². The Morgan fingerprint density at radius 2 is 1.97 bits per heavy atom. The number of aromatic nitrogens is 1. The van der Waals surface area contributed by atoms with Crippen LogP contribution in [0, 0.1) is 12.8 Å². The number of nitrogens with one attached hydrogen (secondary N) is 1. The van der Waals surface area contributed by atoms with Crippen LogP contribution in [0.3, 0.4) is 0 Å². The average Bonchev–Trinajstić information content (AvgIpc) is 3.11. The molecule has 7 nitrogen and oxygen atoms in total. The molecule has 32 heavy (non-hydrogen) atoms. The van der Waals surface area contributed by atoms with Crippen molar-refractivity contribution in [3.05, 3.63) is 51.0 Å². The van der Waals surface area contributed by atoms with Crippen molar-refractivity contribution in [2.24, 2.45) is 5.92 Å². The van der Waals surface area contributed by atoms with Crippen LogP contribution < -0.4 is 14.2 Å². The largest absolute Gasteiger partial charge is 0.493 e. The number of aromatic amines is 1. The Balaban J connectivity index is 1.43. The molecule has 3 aromatic rings. The number of hydrogen-bond donors (Lipinski definition) is 1. The normalized spacial score (nSPS) is 22.9. The number of piperidine rings is 1. The summed E-state index contributed by atoms with van der Waals surface area (Å²) in [7, 11) is 4.66. The third kappa shape index (κ3) is 2.25. The van der Waals surface area contributed by atoms with Gasteiger partial charge in [-0.1, -0.05) is 0 Å². The molecule has 1 aliphatic heterocycles. The highest BCUT2D eigenvalue weighted by Crippen LogP contribution is 2.68. The third-order valence-electron chi connectivity index (χ3n) is 7.06. The lowest BCUT2D eigenvalue weighted by Gasteiger charge is -2.28. The molecule has 2 aliphatic carbocycles. The van der Waals surface area contributed by atoms with Crippen molar-refractivity contribution in [2.75, 3.05) is 27.9 Å². The number of methoxy groups -OCH3 is 3. The zero-order valence-electron chi connectivity index (χ0n) is 18.2. The number of ketones is 1. The predicted molar refractivity (Wildman–Crippen MR) is 120 cm³/mol. The maximum atomic E-state index is 13.6. The standard InChI is InChI=1S/C24H22N2O5S/c1-11-10-32-22-15(27)7-17-24(18(11)22)8-13(24)9-26(17)23(28)14-5-12-6-16(29-2)20(30-3)21(31-4)19(12)25-14/h5-7,10,13,25H,8-9H2,1-4H3/t13-,24+/m1/s1. The van der Waals surface area contributed by atoms with Gasteiger partial charge in [0.25, 0.3) is 5.91 Å². The van der Waals surface area contributed by atoms with Gasteiger partial charge in [0.1, 0.15) is 5.69 Å². The zero-order chi connectivity index (χ0) is 22.4. The molecule has 0 radical (unpaired) electrons. The molecule has 1 aromatic carbocycles. The van der Waals surface area contributed by atoms with Crippen molar-refractivity contribution in [2.45, 2.75) is 18.8 Å². The minimum Gasteiger partial charge on any atom is -0.493 e. The lowest BCUT2D eigenvalue weighted by molar-refractivity contribution is 0.0806. The van der Waals surface area contributed by atoms with Gasteiger partial charge in [0.2, 0.25) is 5.75 Å². The topological polar surface area (TPSA) is 80.9 Å². The second-order valence-electron chi connectivity index (χ2n) is 8.60. The summed E-state index contributed by atoms with van der Waals surface area (Å²) in [6.07, 6.45) is 2.67. The van der Waals surface area contributed by atoms with Gasteiger partial charge in [-0.05, 0) is 47.9 Å². The fourth-order valence-corrected chi connectivity index (χ4v) is 6.68. The van der Waals surface area contributed by atoms with Crippen LogP contribution in [-0.4, -0.2) is 49.4 Å². The van der Waals surface area contributed by atoms with E-state index < -0.39 is 0 Å². The number of H-pyrrole nitrogens is 1. The molecular weight excluding hydrogens is 428 g/mol. The molecule has 0 bridgehead atoms. The van der Waals surface area contributed by atoms with E-state index in [0.717, 1.165) is 33.5 Å². The molecule has 1 saturated heterocycles. The molecule has 2 aromatic heterocycles. The van der Waals surface area contributed by atoms with Gasteiger partial charge in [-0.2, -0.15) is 0 Å². The summed E-state index contributed by atoms with van der Waals surface area (Å²) in [5.74, 6) is 1.67. The molecule has 3 aliphatic rings. The van der Waals surface area contributed by atoms with Gasteiger partial charge in [0.05, 0.1) is 31.7 Å². The number of thiophene rings is 1. The van der Waals surface area contributed by atoms with E-state index in [9.17, 15) is 9.59 Å². The van der Waals surface area contributed by atoms with Crippen LogP contribution in [0.2, 0.25) is 0 Å². The molecular formula is C24H22N2O5S. The summed E-state index contributed by atoms with van der Waals surface area (Å²) in [5.41, 5.74) is 4.04. The monoisotopic (exact) mass is 450 g/mol. The van der Waals surface area contributed by atoms with Gasteiger partial charge in [-0.25, -0.2) is 0 Å². The number of ether oxygens (including phenoxy) is 3. The highest BCUT2D eigenvalue weighted by Gasteiger charge is 2.68. The highest BCUT2D eigenvalue weighted by molar-refractivity contribution is 7.12. The Morgan fingerprint density at radius 3 is 2.69 bits per heavy atom. The number of aryl methyl sites for hydroxylation is 1. The third-order valence-corrected chi connectivity index (χ3v) is 8.18. The number of carbonyl (C=O) groups excluding carboxylic acids is 2.